The zero-order chi connectivity index (χ0) is 15.2. The molecule has 0 heterocycles. The van der Waals surface area contributed by atoms with Crippen LogP contribution in [0.4, 0.5) is 5.69 Å². The summed E-state index contributed by atoms with van der Waals surface area (Å²) in [6, 6.07) is 15.6. The van der Waals surface area contributed by atoms with E-state index in [0.717, 1.165) is 5.56 Å². The molecule has 0 amide bonds. The number of hydrogen-bond donors (Lipinski definition) is 2. The van der Waals surface area contributed by atoms with Crippen molar-refractivity contribution in [1.29, 1.82) is 5.26 Å². The molecule has 0 atom stereocenters. The first-order chi connectivity index (χ1) is 10.1. The van der Waals surface area contributed by atoms with Crippen LogP contribution in [0.15, 0.2) is 53.6 Å². The Bertz CT molecular complexity index is 728. The molecule has 0 saturated heterocycles. The SMILES string of the molecule is C/C(=N\Nc1ccccc1C(=O)O)c1ccc(C#N)cc1. The molecule has 2 N–H and O–H groups in total. The van der Waals surface area contributed by atoms with E-state index in [-0.39, 0.29) is 5.56 Å². The van der Waals surface area contributed by atoms with Crippen molar-refractivity contribution in [2.75, 3.05) is 5.43 Å². The molecule has 0 aliphatic heterocycles. The van der Waals surface area contributed by atoms with Gasteiger partial charge in [0.05, 0.1) is 28.6 Å². The number of nitrogens with zero attached hydrogens (tertiary/aromatic N) is 2. The largest absolute Gasteiger partial charge is 0.478 e. The highest BCUT2D eigenvalue weighted by atomic mass is 16.4. The van der Waals surface area contributed by atoms with Crippen LogP contribution in [0.1, 0.15) is 28.4 Å². The number of anilines is 1. The van der Waals surface area contributed by atoms with Crippen LogP contribution in [0, 0.1) is 11.3 Å². The quantitative estimate of drug-likeness (QED) is 0.665. The highest BCUT2D eigenvalue weighted by Crippen LogP contribution is 2.15. The van der Waals surface area contributed by atoms with E-state index < -0.39 is 5.97 Å². The molecule has 2 aromatic rings. The number of carbonyl (C=O) groups is 1. The zero-order valence-electron chi connectivity index (χ0n) is 11.4. The van der Waals surface area contributed by atoms with Gasteiger partial charge in [-0.25, -0.2) is 4.79 Å². The standard InChI is InChI=1S/C16H13N3O2/c1-11(13-8-6-12(10-17)7-9-13)18-19-15-5-3-2-4-14(15)16(20)21/h2-9,19H,1H3,(H,20,21)/b18-11+. The number of carboxylic acids is 1. The highest BCUT2D eigenvalue weighted by molar-refractivity contribution is 6.00. The third-order valence-electron chi connectivity index (χ3n) is 2.93. The van der Waals surface area contributed by atoms with E-state index >= 15 is 0 Å². The van der Waals surface area contributed by atoms with E-state index in [9.17, 15) is 4.79 Å². The fourth-order valence-electron chi connectivity index (χ4n) is 1.76. The van der Waals surface area contributed by atoms with Crippen LogP contribution in [0.2, 0.25) is 0 Å². The number of aromatic carboxylic acids is 1. The molecule has 21 heavy (non-hydrogen) atoms. The van der Waals surface area contributed by atoms with Gasteiger partial charge in [0.25, 0.3) is 0 Å². The molecular formula is C16H13N3O2. The summed E-state index contributed by atoms with van der Waals surface area (Å²) in [6.45, 7) is 1.80. The third kappa shape index (κ3) is 3.45. The number of benzene rings is 2. The van der Waals surface area contributed by atoms with E-state index in [1.165, 1.54) is 6.07 Å². The van der Waals surface area contributed by atoms with Gasteiger partial charge in [0, 0.05) is 0 Å². The molecule has 0 saturated carbocycles. The van der Waals surface area contributed by atoms with Crippen LogP contribution in [0.25, 0.3) is 0 Å². The van der Waals surface area contributed by atoms with Crippen molar-refractivity contribution in [3.05, 3.63) is 65.2 Å². The Labute approximate surface area is 122 Å². The molecule has 0 bridgehead atoms. The van der Waals surface area contributed by atoms with Gasteiger partial charge in [-0.05, 0) is 36.8 Å². The molecule has 0 radical (unpaired) electrons. The van der Waals surface area contributed by atoms with Gasteiger partial charge < -0.3 is 5.11 Å². The number of rotatable bonds is 4. The van der Waals surface area contributed by atoms with Crippen molar-refractivity contribution in [3.63, 3.8) is 0 Å². The first-order valence-corrected chi connectivity index (χ1v) is 6.25. The number of hydrazone groups is 1. The number of nitriles is 1. The van der Waals surface area contributed by atoms with Crippen molar-refractivity contribution < 1.29 is 9.90 Å². The lowest BCUT2D eigenvalue weighted by Crippen LogP contribution is -2.04. The van der Waals surface area contributed by atoms with Crippen LogP contribution < -0.4 is 5.43 Å². The van der Waals surface area contributed by atoms with Gasteiger partial charge in [0.15, 0.2) is 0 Å². The lowest BCUT2D eigenvalue weighted by atomic mass is 10.1. The van der Waals surface area contributed by atoms with Crippen LogP contribution in [-0.4, -0.2) is 16.8 Å². The van der Waals surface area contributed by atoms with Gasteiger partial charge >= 0.3 is 5.97 Å². The Balaban J connectivity index is 2.20. The number of hydrogen-bond acceptors (Lipinski definition) is 4. The first-order valence-electron chi connectivity index (χ1n) is 6.25. The molecule has 0 aromatic heterocycles. The first kappa shape index (κ1) is 14.3. The topological polar surface area (TPSA) is 85.5 Å². The molecular weight excluding hydrogens is 266 g/mol. The van der Waals surface area contributed by atoms with E-state index in [1.807, 2.05) is 0 Å². The third-order valence-corrected chi connectivity index (χ3v) is 2.93. The van der Waals surface area contributed by atoms with Crippen molar-refractivity contribution in [3.8, 4) is 6.07 Å². The molecule has 2 aromatic carbocycles. The van der Waals surface area contributed by atoms with Gasteiger partial charge in [-0.1, -0.05) is 24.3 Å². The second kappa shape index (κ2) is 6.35. The molecule has 5 heteroatoms. The summed E-state index contributed by atoms with van der Waals surface area (Å²) >= 11 is 0. The minimum absolute atomic E-state index is 0.161. The smallest absolute Gasteiger partial charge is 0.337 e. The van der Waals surface area contributed by atoms with Crippen molar-refractivity contribution in [2.45, 2.75) is 6.92 Å². The summed E-state index contributed by atoms with van der Waals surface area (Å²) in [5.74, 6) is -1.01. The number of carboxylic acid groups (broad SMARTS) is 1. The average molecular weight is 279 g/mol. The molecule has 0 aliphatic carbocycles. The summed E-state index contributed by atoms with van der Waals surface area (Å²) in [4.78, 5) is 11.1. The van der Waals surface area contributed by atoms with Crippen LogP contribution in [-0.2, 0) is 0 Å². The summed E-state index contributed by atoms with van der Waals surface area (Å²) in [6.07, 6.45) is 0. The van der Waals surface area contributed by atoms with Crippen molar-refractivity contribution in [2.24, 2.45) is 5.10 Å². The summed E-state index contributed by atoms with van der Waals surface area (Å²) < 4.78 is 0. The van der Waals surface area contributed by atoms with Crippen LogP contribution in [0.5, 0.6) is 0 Å². The minimum atomic E-state index is -1.01. The van der Waals surface area contributed by atoms with Crippen LogP contribution >= 0.6 is 0 Å². The Kier molecular flexibility index (Phi) is 4.32. The lowest BCUT2D eigenvalue weighted by Gasteiger charge is -2.06. The van der Waals surface area contributed by atoms with E-state index in [1.54, 1.807) is 49.4 Å². The molecule has 0 fully saturated rings. The number of para-hydroxylation sites is 1. The van der Waals surface area contributed by atoms with E-state index in [2.05, 4.69) is 16.6 Å². The predicted molar refractivity (Wildman–Crippen MR) is 80.4 cm³/mol. The van der Waals surface area contributed by atoms with Crippen molar-refractivity contribution in [1.82, 2.24) is 0 Å². The molecule has 0 aliphatic rings. The maximum absolute atomic E-state index is 11.1. The second-order valence-corrected chi connectivity index (χ2v) is 4.35. The van der Waals surface area contributed by atoms with E-state index in [0.29, 0.717) is 17.0 Å². The lowest BCUT2D eigenvalue weighted by molar-refractivity contribution is 0.0698. The summed E-state index contributed by atoms with van der Waals surface area (Å²) in [5.41, 5.74) is 5.48. The Hall–Kier alpha value is -3.13. The Morgan fingerprint density at radius 1 is 1.19 bits per heavy atom. The predicted octanol–water partition coefficient (Wildman–Crippen LogP) is 3.09. The average Bonchev–Trinajstić information content (AvgIpc) is 2.52. The molecule has 2 rings (SSSR count). The molecule has 0 spiro atoms. The monoisotopic (exact) mass is 279 g/mol. The van der Waals surface area contributed by atoms with E-state index in [4.69, 9.17) is 10.4 Å². The normalized spacial score (nSPS) is 10.8. The Morgan fingerprint density at radius 3 is 2.48 bits per heavy atom. The number of nitrogens with one attached hydrogen (secondary N) is 1. The molecule has 5 nitrogen and oxygen atoms in total. The summed E-state index contributed by atoms with van der Waals surface area (Å²) in [7, 11) is 0. The summed E-state index contributed by atoms with van der Waals surface area (Å²) in [5, 5.41) is 22.0. The minimum Gasteiger partial charge on any atom is -0.478 e. The Morgan fingerprint density at radius 2 is 1.86 bits per heavy atom. The van der Waals surface area contributed by atoms with Gasteiger partial charge in [0.2, 0.25) is 0 Å². The van der Waals surface area contributed by atoms with Gasteiger partial charge in [-0.3, -0.25) is 5.43 Å². The van der Waals surface area contributed by atoms with Gasteiger partial charge in [0.1, 0.15) is 0 Å². The van der Waals surface area contributed by atoms with Crippen molar-refractivity contribution >= 4 is 17.4 Å². The fraction of sp³-hybridized carbons (Fsp3) is 0.0625. The van der Waals surface area contributed by atoms with Crippen LogP contribution in [0.3, 0.4) is 0 Å². The molecule has 0 unspecified atom stereocenters. The maximum Gasteiger partial charge on any atom is 0.337 e. The maximum atomic E-state index is 11.1. The fourth-order valence-corrected chi connectivity index (χ4v) is 1.76. The highest BCUT2D eigenvalue weighted by Gasteiger charge is 2.08. The zero-order valence-corrected chi connectivity index (χ0v) is 11.4. The van der Waals surface area contributed by atoms with Gasteiger partial charge in [-0.15, -0.1) is 0 Å². The second-order valence-electron chi connectivity index (χ2n) is 4.35. The van der Waals surface area contributed by atoms with Gasteiger partial charge in [-0.2, -0.15) is 10.4 Å². The molecule has 104 valence electrons.